The molecular weight excluding hydrogens is 486 g/mol. The van der Waals surface area contributed by atoms with Crippen LogP contribution in [-0.4, -0.2) is 46.6 Å². The van der Waals surface area contributed by atoms with Crippen molar-refractivity contribution in [3.63, 3.8) is 0 Å². The fraction of sp³-hybridized carbons (Fsp3) is 0.100. The van der Waals surface area contributed by atoms with Gasteiger partial charge in [0.15, 0.2) is 5.13 Å². The van der Waals surface area contributed by atoms with Crippen molar-refractivity contribution in [2.75, 3.05) is 18.4 Å². The topological polar surface area (TPSA) is 166 Å². The number of nitro benzene ring substituents is 2. The number of nitrogens with one attached hydrogen (secondary N) is 1. The average Bonchev–Trinajstić information content (AvgIpc) is 3.19. The number of anilines is 1. The van der Waals surface area contributed by atoms with E-state index in [-0.39, 0.29) is 28.7 Å². The Morgan fingerprint density at radius 2 is 1.65 bits per heavy atom. The van der Waals surface area contributed by atoms with Gasteiger partial charge >= 0.3 is 0 Å². The highest BCUT2D eigenvalue weighted by atomic mass is 32.2. The van der Waals surface area contributed by atoms with Crippen molar-refractivity contribution in [2.45, 2.75) is 4.90 Å². The van der Waals surface area contributed by atoms with Crippen LogP contribution in [0.2, 0.25) is 0 Å². The lowest BCUT2D eigenvalue weighted by molar-refractivity contribution is -0.394. The molecule has 0 aliphatic heterocycles. The molecule has 0 saturated heterocycles. The third kappa shape index (κ3) is 5.14. The molecule has 34 heavy (non-hydrogen) atoms. The zero-order valence-electron chi connectivity index (χ0n) is 17.4. The largest absolute Gasteiger partial charge is 0.298 e. The van der Waals surface area contributed by atoms with Crippen molar-refractivity contribution in [1.29, 1.82) is 0 Å². The number of rotatable bonds is 10. The van der Waals surface area contributed by atoms with Crippen LogP contribution >= 0.6 is 11.3 Å². The number of aromatic nitrogens is 1. The Kier molecular flexibility index (Phi) is 7.14. The van der Waals surface area contributed by atoms with Gasteiger partial charge in [-0.15, -0.1) is 13.2 Å². The molecule has 0 aliphatic rings. The summed E-state index contributed by atoms with van der Waals surface area (Å²) in [6, 6.07) is 6.84. The minimum Gasteiger partial charge on any atom is -0.298 e. The summed E-state index contributed by atoms with van der Waals surface area (Å²) in [6.45, 7) is 7.30. The van der Waals surface area contributed by atoms with Crippen molar-refractivity contribution < 1.29 is 23.1 Å². The van der Waals surface area contributed by atoms with E-state index in [0.29, 0.717) is 10.2 Å². The predicted molar refractivity (Wildman–Crippen MR) is 126 cm³/mol. The van der Waals surface area contributed by atoms with Crippen LogP contribution < -0.4 is 5.32 Å². The van der Waals surface area contributed by atoms with Gasteiger partial charge in [0, 0.05) is 25.2 Å². The first-order valence-corrected chi connectivity index (χ1v) is 11.7. The van der Waals surface area contributed by atoms with E-state index in [0.717, 1.165) is 29.5 Å². The highest BCUT2D eigenvalue weighted by Crippen LogP contribution is 2.30. The smallest absolute Gasteiger partial charge is 0.277 e. The van der Waals surface area contributed by atoms with Crippen LogP contribution in [0.25, 0.3) is 10.2 Å². The molecular formula is C20H17N5O7S2. The van der Waals surface area contributed by atoms with E-state index in [1.54, 1.807) is 0 Å². The number of carbonyl (C=O) groups excluding carboxylic acids is 1. The molecule has 0 atom stereocenters. The molecule has 14 heteroatoms. The van der Waals surface area contributed by atoms with Crippen molar-refractivity contribution in [3.8, 4) is 0 Å². The highest BCUT2D eigenvalue weighted by molar-refractivity contribution is 7.89. The van der Waals surface area contributed by atoms with Crippen LogP contribution in [-0.2, 0) is 10.0 Å². The molecule has 0 saturated carbocycles. The number of fused-ring (bicyclic) bond motifs is 1. The van der Waals surface area contributed by atoms with Crippen molar-refractivity contribution >= 4 is 54.0 Å². The maximum absolute atomic E-state index is 12.9. The molecule has 0 aliphatic carbocycles. The molecule has 0 radical (unpaired) electrons. The summed E-state index contributed by atoms with van der Waals surface area (Å²) in [6.07, 6.45) is 2.91. The lowest BCUT2D eigenvalue weighted by Crippen LogP contribution is -2.31. The molecule has 0 unspecified atom stereocenters. The van der Waals surface area contributed by atoms with Crippen LogP contribution in [0.4, 0.5) is 16.5 Å². The van der Waals surface area contributed by atoms with Crippen LogP contribution in [0, 0.1) is 20.2 Å². The quantitative estimate of drug-likeness (QED) is 0.248. The first-order chi connectivity index (χ1) is 16.1. The molecule has 3 rings (SSSR count). The number of hydrogen-bond acceptors (Lipinski definition) is 9. The number of benzene rings is 2. The number of nitrogens with zero attached hydrogens (tertiary/aromatic N) is 4. The van der Waals surface area contributed by atoms with E-state index in [1.165, 1.54) is 34.7 Å². The molecule has 0 fully saturated rings. The van der Waals surface area contributed by atoms with Crippen molar-refractivity contribution in [2.24, 2.45) is 0 Å². The first kappa shape index (κ1) is 24.6. The van der Waals surface area contributed by atoms with Gasteiger partial charge in [0.1, 0.15) is 0 Å². The van der Waals surface area contributed by atoms with Crippen molar-refractivity contribution in [3.05, 3.63) is 87.5 Å². The summed E-state index contributed by atoms with van der Waals surface area (Å²) in [5.74, 6) is -0.846. The highest BCUT2D eigenvalue weighted by Gasteiger charge is 2.24. The summed E-state index contributed by atoms with van der Waals surface area (Å²) in [5.41, 5.74) is -1.11. The van der Waals surface area contributed by atoms with Gasteiger partial charge in [0.2, 0.25) is 10.0 Å². The maximum atomic E-state index is 12.9. The Bertz CT molecular complexity index is 1390. The Labute approximate surface area is 197 Å². The Morgan fingerprint density at radius 3 is 2.18 bits per heavy atom. The van der Waals surface area contributed by atoms with E-state index in [1.807, 2.05) is 0 Å². The fourth-order valence-electron chi connectivity index (χ4n) is 2.93. The minimum absolute atomic E-state index is 0.0135. The monoisotopic (exact) mass is 503 g/mol. The number of thiazole rings is 1. The molecule has 1 N–H and O–H groups in total. The Hall–Kier alpha value is -4.01. The third-order valence-electron chi connectivity index (χ3n) is 4.47. The molecule has 12 nitrogen and oxygen atoms in total. The molecule has 0 spiro atoms. The van der Waals surface area contributed by atoms with Gasteiger partial charge in [-0.25, -0.2) is 13.4 Å². The second kappa shape index (κ2) is 9.86. The summed E-state index contributed by atoms with van der Waals surface area (Å²) in [7, 11) is -3.84. The average molecular weight is 504 g/mol. The van der Waals surface area contributed by atoms with E-state index >= 15 is 0 Å². The van der Waals surface area contributed by atoms with E-state index < -0.39 is 37.2 Å². The molecule has 0 bridgehead atoms. The summed E-state index contributed by atoms with van der Waals surface area (Å²) < 4.78 is 27.5. The van der Waals surface area contributed by atoms with Crippen LogP contribution in [0.5, 0.6) is 0 Å². The van der Waals surface area contributed by atoms with Crippen LogP contribution in [0.1, 0.15) is 10.4 Å². The van der Waals surface area contributed by atoms with Gasteiger partial charge in [-0.3, -0.25) is 30.3 Å². The molecule has 176 valence electrons. The summed E-state index contributed by atoms with van der Waals surface area (Å²) >= 11 is 0.976. The molecule has 3 aromatic rings. The lowest BCUT2D eigenvalue weighted by atomic mass is 10.1. The zero-order chi connectivity index (χ0) is 25.0. The molecule has 2 aromatic carbocycles. The number of non-ortho nitro benzene ring substituents is 2. The molecule has 1 heterocycles. The van der Waals surface area contributed by atoms with E-state index in [9.17, 15) is 33.4 Å². The van der Waals surface area contributed by atoms with E-state index in [4.69, 9.17) is 0 Å². The maximum Gasteiger partial charge on any atom is 0.277 e. The van der Waals surface area contributed by atoms with Crippen LogP contribution in [0.3, 0.4) is 0 Å². The van der Waals surface area contributed by atoms with Gasteiger partial charge in [0.05, 0.1) is 36.6 Å². The normalized spacial score (nSPS) is 11.3. The van der Waals surface area contributed by atoms with Gasteiger partial charge < -0.3 is 0 Å². The number of hydrogen-bond donors (Lipinski definition) is 1. The fourth-order valence-corrected chi connectivity index (χ4v) is 5.32. The second-order valence-electron chi connectivity index (χ2n) is 6.75. The Morgan fingerprint density at radius 1 is 1.06 bits per heavy atom. The summed E-state index contributed by atoms with van der Waals surface area (Å²) in [4.78, 5) is 37.2. The number of sulfonamides is 1. The minimum atomic E-state index is -3.84. The van der Waals surface area contributed by atoms with E-state index in [2.05, 4.69) is 23.5 Å². The standard InChI is InChI=1S/C20H17N5O7S2/c1-3-7-23(8-4-2)34(31,32)16-5-6-17-18(12-16)33-20(21-17)22-19(26)13-9-14(24(27)28)11-15(10-13)25(29)30/h3-6,9-12H,1-2,7-8H2,(H,21,22,26). The Balaban J connectivity index is 1.92. The molecule has 1 amide bonds. The second-order valence-corrected chi connectivity index (χ2v) is 9.72. The number of carbonyl (C=O) groups is 1. The lowest BCUT2D eigenvalue weighted by Gasteiger charge is -2.18. The first-order valence-electron chi connectivity index (χ1n) is 9.44. The number of amides is 1. The number of nitro groups is 2. The van der Waals surface area contributed by atoms with Gasteiger partial charge in [-0.05, 0) is 18.2 Å². The SMILES string of the molecule is C=CCN(CC=C)S(=O)(=O)c1ccc2nc(NC(=O)c3cc([N+](=O)[O-])cc([N+](=O)[O-])c3)sc2c1. The predicted octanol–water partition coefficient (Wildman–Crippen LogP) is 3.73. The summed E-state index contributed by atoms with van der Waals surface area (Å²) in [5, 5.41) is 24.6. The van der Waals surface area contributed by atoms with Crippen molar-refractivity contribution in [1.82, 2.24) is 9.29 Å². The van der Waals surface area contributed by atoms with Gasteiger partial charge in [-0.1, -0.05) is 23.5 Å². The van der Waals surface area contributed by atoms with Gasteiger partial charge in [0.25, 0.3) is 17.3 Å². The molecule has 1 aromatic heterocycles. The zero-order valence-corrected chi connectivity index (χ0v) is 19.0. The van der Waals surface area contributed by atoms with Gasteiger partial charge in [-0.2, -0.15) is 4.31 Å². The third-order valence-corrected chi connectivity index (χ3v) is 7.23. The van der Waals surface area contributed by atoms with Crippen LogP contribution in [0.15, 0.2) is 66.6 Å².